The maximum atomic E-state index is 12.4. The first-order valence-electron chi connectivity index (χ1n) is 6.69. The van der Waals surface area contributed by atoms with Crippen molar-refractivity contribution in [1.29, 1.82) is 0 Å². The Balaban J connectivity index is 1.85. The lowest BCUT2D eigenvalue weighted by molar-refractivity contribution is -0.0885. The standard InChI is InChI=1S/C16H9F3N2O3/c17-16(18,19)13(23)9-1-3-10(4-2-9)14-20-15(24-21-14)11-5-7-12(22)8-6-11/h1-8,22H. The molecule has 122 valence electrons. The van der Waals surface area contributed by atoms with Gasteiger partial charge >= 0.3 is 6.18 Å². The smallest absolute Gasteiger partial charge is 0.454 e. The predicted molar refractivity (Wildman–Crippen MR) is 77.2 cm³/mol. The van der Waals surface area contributed by atoms with Gasteiger partial charge in [0, 0.05) is 16.7 Å². The first-order valence-corrected chi connectivity index (χ1v) is 6.69. The van der Waals surface area contributed by atoms with Crippen LogP contribution >= 0.6 is 0 Å². The van der Waals surface area contributed by atoms with E-state index in [1.807, 2.05) is 0 Å². The molecule has 8 heteroatoms. The molecule has 1 aromatic heterocycles. The molecule has 0 aliphatic heterocycles. The van der Waals surface area contributed by atoms with Gasteiger partial charge in [-0.05, 0) is 24.3 Å². The summed E-state index contributed by atoms with van der Waals surface area (Å²) in [6.45, 7) is 0. The SMILES string of the molecule is O=C(c1ccc(-c2noc(-c3ccc(O)cc3)n2)cc1)C(F)(F)F. The van der Waals surface area contributed by atoms with Crippen molar-refractivity contribution < 1.29 is 27.6 Å². The average molecular weight is 334 g/mol. The van der Waals surface area contributed by atoms with E-state index in [0.29, 0.717) is 11.1 Å². The molecule has 1 heterocycles. The topological polar surface area (TPSA) is 76.2 Å². The van der Waals surface area contributed by atoms with Crippen LogP contribution in [0.2, 0.25) is 0 Å². The Morgan fingerprint density at radius 3 is 2.12 bits per heavy atom. The van der Waals surface area contributed by atoms with Gasteiger partial charge in [0.1, 0.15) is 5.75 Å². The number of benzene rings is 2. The molecular weight excluding hydrogens is 325 g/mol. The molecule has 3 rings (SSSR count). The van der Waals surface area contributed by atoms with Crippen LogP contribution in [0.5, 0.6) is 5.75 Å². The monoisotopic (exact) mass is 334 g/mol. The number of carbonyl (C=O) groups is 1. The molecule has 0 unspecified atom stereocenters. The van der Waals surface area contributed by atoms with Crippen molar-refractivity contribution in [3.05, 3.63) is 54.1 Å². The number of phenols is 1. The summed E-state index contributed by atoms with van der Waals surface area (Å²) in [5.74, 6) is -1.46. The summed E-state index contributed by atoms with van der Waals surface area (Å²) >= 11 is 0. The van der Waals surface area contributed by atoms with Crippen molar-refractivity contribution in [3.63, 3.8) is 0 Å². The summed E-state index contributed by atoms with van der Waals surface area (Å²) in [6.07, 6.45) is -4.92. The highest BCUT2D eigenvalue weighted by Gasteiger charge is 2.39. The van der Waals surface area contributed by atoms with Gasteiger partial charge in [-0.25, -0.2) is 0 Å². The van der Waals surface area contributed by atoms with Crippen LogP contribution < -0.4 is 0 Å². The molecule has 0 aliphatic rings. The van der Waals surface area contributed by atoms with Crippen LogP contribution in [0, 0.1) is 0 Å². The Morgan fingerprint density at radius 2 is 1.54 bits per heavy atom. The number of hydrogen-bond acceptors (Lipinski definition) is 5. The van der Waals surface area contributed by atoms with Crippen LogP contribution in [0.25, 0.3) is 22.8 Å². The molecular formula is C16H9F3N2O3. The minimum absolute atomic E-state index is 0.0865. The third kappa shape index (κ3) is 3.12. The number of ketones is 1. The predicted octanol–water partition coefficient (Wildman–Crippen LogP) is 3.85. The molecule has 5 nitrogen and oxygen atoms in total. The molecule has 0 bridgehead atoms. The second-order valence-electron chi connectivity index (χ2n) is 4.87. The molecule has 0 saturated heterocycles. The molecule has 3 aromatic rings. The van der Waals surface area contributed by atoms with Gasteiger partial charge in [0.05, 0.1) is 0 Å². The number of halogens is 3. The Labute approximate surface area is 133 Å². The molecule has 1 N–H and O–H groups in total. The van der Waals surface area contributed by atoms with E-state index in [2.05, 4.69) is 10.1 Å². The van der Waals surface area contributed by atoms with Crippen LogP contribution in [0.4, 0.5) is 13.2 Å². The van der Waals surface area contributed by atoms with Gasteiger partial charge in [0.2, 0.25) is 5.82 Å². The van der Waals surface area contributed by atoms with Crippen LogP contribution in [0.15, 0.2) is 53.1 Å². The number of rotatable bonds is 3. The summed E-state index contributed by atoms with van der Waals surface area (Å²) < 4.78 is 42.2. The number of hydrogen-bond donors (Lipinski definition) is 1. The minimum Gasteiger partial charge on any atom is -0.508 e. The molecule has 0 amide bonds. The number of carbonyl (C=O) groups excluding carboxylic acids is 1. The van der Waals surface area contributed by atoms with Gasteiger partial charge in [0.25, 0.3) is 11.7 Å². The van der Waals surface area contributed by atoms with Crippen LogP contribution in [0.1, 0.15) is 10.4 Å². The van der Waals surface area contributed by atoms with E-state index in [9.17, 15) is 23.1 Å². The maximum Gasteiger partial charge on any atom is 0.454 e. The summed E-state index contributed by atoms with van der Waals surface area (Å²) in [5, 5.41) is 13.0. The Hall–Kier alpha value is -3.16. The van der Waals surface area contributed by atoms with Crippen LogP contribution in [-0.4, -0.2) is 27.2 Å². The number of phenolic OH excluding ortho intramolecular Hbond substituents is 1. The van der Waals surface area contributed by atoms with Crippen LogP contribution in [-0.2, 0) is 0 Å². The number of nitrogens with zero attached hydrogens (tertiary/aromatic N) is 2. The van der Waals surface area contributed by atoms with E-state index in [1.54, 1.807) is 12.1 Å². The van der Waals surface area contributed by atoms with Gasteiger partial charge < -0.3 is 9.63 Å². The maximum absolute atomic E-state index is 12.4. The third-order valence-electron chi connectivity index (χ3n) is 3.20. The summed E-state index contributed by atoms with van der Waals surface area (Å²) in [6, 6.07) is 10.8. The van der Waals surface area contributed by atoms with Crippen molar-refractivity contribution in [2.75, 3.05) is 0 Å². The van der Waals surface area contributed by atoms with Gasteiger partial charge in [-0.3, -0.25) is 4.79 Å². The minimum atomic E-state index is -4.92. The van der Waals surface area contributed by atoms with E-state index in [1.165, 1.54) is 24.3 Å². The van der Waals surface area contributed by atoms with E-state index in [0.717, 1.165) is 12.1 Å². The van der Waals surface area contributed by atoms with Crippen molar-refractivity contribution in [3.8, 4) is 28.6 Å². The fraction of sp³-hybridized carbons (Fsp3) is 0.0625. The fourth-order valence-corrected chi connectivity index (χ4v) is 2.00. The number of Topliss-reactive ketones (excluding diaryl/α,β-unsaturated/α-hetero) is 1. The number of alkyl halides is 3. The highest BCUT2D eigenvalue weighted by Crippen LogP contribution is 2.26. The molecule has 0 saturated carbocycles. The van der Waals surface area contributed by atoms with Crippen LogP contribution in [0.3, 0.4) is 0 Å². The van der Waals surface area contributed by atoms with Gasteiger partial charge in [-0.15, -0.1) is 0 Å². The first kappa shape index (κ1) is 15.7. The molecule has 0 radical (unpaired) electrons. The normalized spacial score (nSPS) is 11.5. The lowest BCUT2D eigenvalue weighted by Crippen LogP contribution is -2.22. The second kappa shape index (κ2) is 5.80. The number of aromatic nitrogens is 2. The summed E-state index contributed by atoms with van der Waals surface area (Å²) in [5.41, 5.74) is 0.520. The van der Waals surface area contributed by atoms with Crippen molar-refractivity contribution in [1.82, 2.24) is 10.1 Å². The zero-order chi connectivity index (χ0) is 17.3. The van der Waals surface area contributed by atoms with Gasteiger partial charge in [-0.2, -0.15) is 18.2 Å². The zero-order valence-corrected chi connectivity index (χ0v) is 11.9. The third-order valence-corrected chi connectivity index (χ3v) is 3.20. The molecule has 24 heavy (non-hydrogen) atoms. The lowest BCUT2D eigenvalue weighted by Gasteiger charge is -2.04. The van der Waals surface area contributed by atoms with E-state index >= 15 is 0 Å². The molecule has 0 fully saturated rings. The quantitative estimate of drug-likeness (QED) is 0.736. The van der Waals surface area contributed by atoms with E-state index in [-0.39, 0.29) is 17.5 Å². The van der Waals surface area contributed by atoms with Crippen molar-refractivity contribution in [2.45, 2.75) is 6.18 Å². The summed E-state index contributed by atoms with van der Waals surface area (Å²) in [4.78, 5) is 15.3. The lowest BCUT2D eigenvalue weighted by atomic mass is 10.1. The molecule has 0 atom stereocenters. The average Bonchev–Trinajstić information content (AvgIpc) is 3.04. The largest absolute Gasteiger partial charge is 0.508 e. The molecule has 0 spiro atoms. The van der Waals surface area contributed by atoms with Crippen molar-refractivity contribution in [2.24, 2.45) is 0 Å². The van der Waals surface area contributed by atoms with E-state index < -0.39 is 17.5 Å². The van der Waals surface area contributed by atoms with Gasteiger partial charge in [0.15, 0.2) is 0 Å². The van der Waals surface area contributed by atoms with Crippen molar-refractivity contribution >= 4 is 5.78 Å². The Kier molecular flexibility index (Phi) is 3.80. The highest BCUT2D eigenvalue weighted by atomic mass is 19.4. The highest BCUT2D eigenvalue weighted by molar-refractivity contribution is 6.00. The fourth-order valence-electron chi connectivity index (χ4n) is 2.00. The molecule has 0 aliphatic carbocycles. The number of aromatic hydroxyl groups is 1. The first-order chi connectivity index (χ1) is 11.3. The van der Waals surface area contributed by atoms with Gasteiger partial charge in [-0.1, -0.05) is 29.4 Å². The molecule has 2 aromatic carbocycles. The zero-order valence-electron chi connectivity index (χ0n) is 11.9. The Bertz CT molecular complexity index is 869. The Morgan fingerprint density at radius 1 is 0.958 bits per heavy atom. The second-order valence-corrected chi connectivity index (χ2v) is 4.87. The van der Waals surface area contributed by atoms with E-state index in [4.69, 9.17) is 4.52 Å². The summed E-state index contributed by atoms with van der Waals surface area (Å²) in [7, 11) is 0.